The molecule has 0 unspecified atom stereocenters. The van der Waals surface area contributed by atoms with E-state index in [1.165, 1.54) is 0 Å². The van der Waals surface area contributed by atoms with Crippen LogP contribution in [0.25, 0.3) is 0 Å². The maximum absolute atomic E-state index is 5.33. The van der Waals surface area contributed by atoms with Crippen LogP contribution in [0.4, 0.5) is 11.9 Å². The monoisotopic (exact) mass is 239 g/mol. The summed E-state index contributed by atoms with van der Waals surface area (Å²) in [7, 11) is 1.96. The minimum absolute atomic E-state index is 0.372. The second kappa shape index (κ2) is 6.88. The van der Waals surface area contributed by atoms with Crippen molar-refractivity contribution in [2.75, 3.05) is 37.0 Å². The van der Waals surface area contributed by atoms with Gasteiger partial charge in [0, 0.05) is 20.1 Å². The van der Waals surface area contributed by atoms with Crippen LogP contribution in [0.5, 0.6) is 6.01 Å². The van der Waals surface area contributed by atoms with E-state index in [1.807, 2.05) is 25.8 Å². The molecule has 1 rings (SSSR count). The van der Waals surface area contributed by atoms with Crippen LogP contribution in [0.2, 0.25) is 0 Å². The molecular formula is C11H21N5O. The van der Waals surface area contributed by atoms with E-state index in [0.717, 1.165) is 19.5 Å². The molecule has 0 aromatic carbocycles. The Morgan fingerprint density at radius 2 is 1.94 bits per heavy atom. The molecule has 1 heterocycles. The van der Waals surface area contributed by atoms with Crippen LogP contribution in [0.1, 0.15) is 27.2 Å². The van der Waals surface area contributed by atoms with Gasteiger partial charge < -0.3 is 15.0 Å². The van der Waals surface area contributed by atoms with Crippen LogP contribution < -0.4 is 15.0 Å². The Hall–Kier alpha value is -1.59. The molecule has 96 valence electrons. The number of aromatic nitrogens is 3. The third-order valence-electron chi connectivity index (χ3n) is 2.11. The quantitative estimate of drug-likeness (QED) is 0.779. The first-order valence-corrected chi connectivity index (χ1v) is 6.05. The lowest BCUT2D eigenvalue weighted by Crippen LogP contribution is -2.22. The van der Waals surface area contributed by atoms with Crippen LogP contribution in [0.3, 0.4) is 0 Å². The number of hydrogen-bond donors (Lipinski definition) is 1. The molecule has 0 bridgehead atoms. The molecular weight excluding hydrogens is 218 g/mol. The molecule has 17 heavy (non-hydrogen) atoms. The molecule has 0 aliphatic carbocycles. The Morgan fingerprint density at radius 1 is 1.18 bits per heavy atom. The normalized spacial score (nSPS) is 10.1. The van der Waals surface area contributed by atoms with Crippen LogP contribution in [0, 0.1) is 0 Å². The first-order chi connectivity index (χ1) is 8.21. The maximum atomic E-state index is 5.33. The molecule has 0 fully saturated rings. The SMILES string of the molecule is CCCN(C)c1nc(NCC)nc(OCC)n1. The van der Waals surface area contributed by atoms with E-state index in [9.17, 15) is 0 Å². The summed E-state index contributed by atoms with van der Waals surface area (Å²) in [6, 6.07) is 0.372. The van der Waals surface area contributed by atoms with Crippen molar-refractivity contribution in [3.8, 4) is 6.01 Å². The van der Waals surface area contributed by atoms with E-state index in [1.54, 1.807) is 0 Å². The summed E-state index contributed by atoms with van der Waals surface area (Å²) < 4.78 is 5.33. The number of ether oxygens (including phenoxy) is 1. The van der Waals surface area contributed by atoms with Gasteiger partial charge in [-0.1, -0.05) is 6.92 Å². The Bertz CT molecular complexity index is 320. The fraction of sp³-hybridized carbons (Fsp3) is 0.727. The standard InChI is InChI=1S/C11H21N5O/c1-5-8-16(4)10-13-9(12-6-2)14-11(15-10)17-7-3/h5-8H2,1-4H3,(H,12,13,14,15). The van der Waals surface area contributed by atoms with Crippen molar-refractivity contribution in [3.05, 3.63) is 0 Å². The molecule has 0 aliphatic heterocycles. The third kappa shape index (κ3) is 4.05. The summed E-state index contributed by atoms with van der Waals surface area (Å²) in [4.78, 5) is 14.8. The largest absolute Gasteiger partial charge is 0.464 e. The molecule has 0 atom stereocenters. The van der Waals surface area contributed by atoms with Gasteiger partial charge in [0.2, 0.25) is 11.9 Å². The average Bonchev–Trinajstić information content (AvgIpc) is 2.30. The minimum atomic E-state index is 0.372. The summed E-state index contributed by atoms with van der Waals surface area (Å²) >= 11 is 0. The summed E-state index contributed by atoms with van der Waals surface area (Å²) in [5.41, 5.74) is 0. The zero-order chi connectivity index (χ0) is 12.7. The first kappa shape index (κ1) is 13.5. The van der Waals surface area contributed by atoms with Crippen LogP contribution >= 0.6 is 0 Å². The highest BCUT2D eigenvalue weighted by molar-refractivity contribution is 5.37. The van der Waals surface area contributed by atoms with Crippen molar-refractivity contribution in [1.29, 1.82) is 0 Å². The van der Waals surface area contributed by atoms with E-state index in [2.05, 4.69) is 27.2 Å². The van der Waals surface area contributed by atoms with Crippen molar-refractivity contribution < 1.29 is 4.74 Å². The van der Waals surface area contributed by atoms with Gasteiger partial charge in [0.1, 0.15) is 0 Å². The summed E-state index contributed by atoms with van der Waals surface area (Å²) in [5, 5.41) is 3.07. The lowest BCUT2D eigenvalue weighted by atomic mass is 10.4. The van der Waals surface area contributed by atoms with E-state index < -0.39 is 0 Å². The van der Waals surface area contributed by atoms with Crippen molar-refractivity contribution in [3.63, 3.8) is 0 Å². The minimum Gasteiger partial charge on any atom is -0.464 e. The van der Waals surface area contributed by atoms with Gasteiger partial charge in [-0.15, -0.1) is 0 Å². The predicted molar refractivity (Wildman–Crippen MR) is 68.7 cm³/mol. The van der Waals surface area contributed by atoms with Gasteiger partial charge in [-0.3, -0.25) is 0 Å². The van der Waals surface area contributed by atoms with E-state index >= 15 is 0 Å². The Kier molecular flexibility index (Phi) is 5.45. The molecule has 1 N–H and O–H groups in total. The van der Waals surface area contributed by atoms with Gasteiger partial charge in [-0.05, 0) is 20.3 Å². The molecule has 6 nitrogen and oxygen atoms in total. The number of rotatable bonds is 7. The van der Waals surface area contributed by atoms with Crippen LogP contribution in [0.15, 0.2) is 0 Å². The number of nitrogens with zero attached hydrogens (tertiary/aromatic N) is 4. The lowest BCUT2D eigenvalue weighted by molar-refractivity contribution is 0.312. The highest BCUT2D eigenvalue weighted by atomic mass is 16.5. The van der Waals surface area contributed by atoms with E-state index in [-0.39, 0.29) is 0 Å². The highest BCUT2D eigenvalue weighted by Crippen LogP contribution is 2.14. The molecule has 0 amide bonds. The first-order valence-electron chi connectivity index (χ1n) is 6.05. The van der Waals surface area contributed by atoms with Crippen LogP contribution in [-0.2, 0) is 0 Å². The van der Waals surface area contributed by atoms with Gasteiger partial charge in [0.25, 0.3) is 0 Å². The van der Waals surface area contributed by atoms with Crippen molar-refractivity contribution in [2.45, 2.75) is 27.2 Å². The number of nitrogens with one attached hydrogen (secondary N) is 1. The van der Waals surface area contributed by atoms with Crippen molar-refractivity contribution in [2.24, 2.45) is 0 Å². The van der Waals surface area contributed by atoms with Crippen molar-refractivity contribution in [1.82, 2.24) is 15.0 Å². The summed E-state index contributed by atoms with van der Waals surface area (Å²) in [6.07, 6.45) is 1.04. The second-order valence-electron chi connectivity index (χ2n) is 3.63. The summed E-state index contributed by atoms with van der Waals surface area (Å²) in [6.45, 7) is 8.25. The molecule has 0 saturated heterocycles. The smallest absolute Gasteiger partial charge is 0.323 e. The van der Waals surface area contributed by atoms with E-state index in [0.29, 0.717) is 24.5 Å². The zero-order valence-electron chi connectivity index (χ0n) is 11.0. The molecule has 6 heteroatoms. The second-order valence-corrected chi connectivity index (χ2v) is 3.63. The zero-order valence-corrected chi connectivity index (χ0v) is 11.0. The number of anilines is 2. The Balaban J connectivity index is 2.93. The maximum Gasteiger partial charge on any atom is 0.323 e. The molecule has 0 spiro atoms. The number of hydrogen-bond acceptors (Lipinski definition) is 6. The molecule has 0 aliphatic rings. The van der Waals surface area contributed by atoms with Gasteiger partial charge in [-0.2, -0.15) is 15.0 Å². The highest BCUT2D eigenvalue weighted by Gasteiger charge is 2.09. The Labute approximate surface area is 102 Å². The third-order valence-corrected chi connectivity index (χ3v) is 2.11. The fourth-order valence-electron chi connectivity index (χ4n) is 1.38. The molecule has 1 aromatic heterocycles. The van der Waals surface area contributed by atoms with Gasteiger partial charge in [0.05, 0.1) is 6.61 Å². The summed E-state index contributed by atoms with van der Waals surface area (Å²) in [5.74, 6) is 1.20. The van der Waals surface area contributed by atoms with Crippen LogP contribution in [-0.4, -0.2) is 41.7 Å². The van der Waals surface area contributed by atoms with Crippen molar-refractivity contribution >= 4 is 11.9 Å². The lowest BCUT2D eigenvalue weighted by Gasteiger charge is -2.17. The molecule has 1 aromatic rings. The van der Waals surface area contributed by atoms with E-state index in [4.69, 9.17) is 4.74 Å². The predicted octanol–water partition coefficient (Wildman–Crippen LogP) is 1.55. The van der Waals surface area contributed by atoms with Gasteiger partial charge >= 0.3 is 6.01 Å². The Morgan fingerprint density at radius 3 is 2.53 bits per heavy atom. The fourth-order valence-corrected chi connectivity index (χ4v) is 1.38. The topological polar surface area (TPSA) is 63.2 Å². The molecule has 0 saturated carbocycles. The molecule has 0 radical (unpaired) electrons. The average molecular weight is 239 g/mol. The van der Waals surface area contributed by atoms with Gasteiger partial charge in [-0.25, -0.2) is 0 Å². The van der Waals surface area contributed by atoms with Gasteiger partial charge in [0.15, 0.2) is 0 Å².